The third kappa shape index (κ3) is 6.65. The Morgan fingerprint density at radius 1 is 0.686 bits per heavy atom. The summed E-state index contributed by atoms with van der Waals surface area (Å²) in [6.07, 6.45) is 9.36. The summed E-state index contributed by atoms with van der Waals surface area (Å²) in [4.78, 5) is 8.60. The molecule has 0 aliphatic rings. The van der Waals surface area contributed by atoms with E-state index in [1.807, 2.05) is 45.9 Å². The van der Waals surface area contributed by atoms with Crippen LogP contribution in [0.1, 0.15) is 79.0 Å². The van der Waals surface area contributed by atoms with Gasteiger partial charge in [-0.05, 0) is 93.6 Å². The summed E-state index contributed by atoms with van der Waals surface area (Å²) < 4.78 is 12.7. The van der Waals surface area contributed by atoms with Gasteiger partial charge in [0.2, 0.25) is 0 Å². The fraction of sp³-hybridized carbons (Fsp3) is 0.267. The maximum Gasteiger partial charge on any atom is 0.268 e. The van der Waals surface area contributed by atoms with Crippen LogP contribution in [0.5, 0.6) is 11.5 Å². The maximum absolute atomic E-state index is 7.87. The van der Waals surface area contributed by atoms with Crippen LogP contribution in [0, 0.1) is 12.9 Å². The Labute approximate surface area is 301 Å². The molecule has 0 unspecified atom stereocenters. The highest BCUT2D eigenvalue weighted by atomic mass is 16.5. The van der Waals surface area contributed by atoms with Crippen LogP contribution in [0.4, 0.5) is 5.69 Å². The molecule has 3 aromatic heterocycles. The van der Waals surface area contributed by atoms with Gasteiger partial charge in [0.25, 0.3) is 6.33 Å². The number of benzene rings is 4. The highest BCUT2D eigenvalue weighted by Gasteiger charge is 2.22. The molecule has 0 spiro atoms. The van der Waals surface area contributed by atoms with E-state index in [4.69, 9.17) is 16.3 Å². The largest absolute Gasteiger partial charge is 0.459 e. The first-order chi connectivity index (χ1) is 24.1. The zero-order chi connectivity index (χ0) is 36.3. The van der Waals surface area contributed by atoms with Crippen molar-refractivity contribution in [2.75, 3.05) is 0 Å². The van der Waals surface area contributed by atoms with E-state index in [1.54, 1.807) is 6.07 Å². The van der Waals surface area contributed by atoms with Crippen LogP contribution in [0.15, 0.2) is 110 Å². The maximum atomic E-state index is 7.87. The van der Waals surface area contributed by atoms with Crippen molar-refractivity contribution in [3.63, 3.8) is 0 Å². The van der Waals surface area contributed by atoms with Gasteiger partial charge in [-0.25, -0.2) is 9.83 Å². The predicted octanol–water partition coefficient (Wildman–Crippen LogP) is 11.3. The molecular formula is C45H45N5O. The van der Waals surface area contributed by atoms with Crippen LogP contribution in [-0.2, 0) is 16.2 Å². The van der Waals surface area contributed by atoms with Crippen LogP contribution in [0.3, 0.4) is 0 Å². The van der Waals surface area contributed by atoms with E-state index >= 15 is 0 Å². The second kappa shape index (κ2) is 12.3. The monoisotopic (exact) mass is 671 g/mol. The molecule has 6 heteroatoms. The molecule has 4 aromatic carbocycles. The zero-order valence-corrected chi connectivity index (χ0v) is 31.0. The second-order valence-corrected chi connectivity index (χ2v) is 16.5. The van der Waals surface area contributed by atoms with E-state index in [2.05, 4.69) is 145 Å². The first-order valence-corrected chi connectivity index (χ1v) is 17.5. The average molecular weight is 672 g/mol. The quantitative estimate of drug-likeness (QED) is 0.135. The van der Waals surface area contributed by atoms with Gasteiger partial charge in [0.05, 0.1) is 29.0 Å². The standard InChI is InChI=1S/C45H45N5O/c1-43(2,3)30-17-18-47-42(24-30)50-40-14-12-11-13-38(40)39-16-15-36(28-41(39)50)51-37-26-33(46-10)25-35(27-37)49-20-19-48(29-49)34-22-31(44(4,5)6)21-32(23-34)45(7,8)9/h11-28H,1-9H3. The van der Waals surface area contributed by atoms with Crippen LogP contribution < -0.4 is 9.30 Å². The number of hydrogen-bond donors (Lipinski definition) is 0. The van der Waals surface area contributed by atoms with Crippen LogP contribution in [0.2, 0.25) is 0 Å². The molecule has 0 amide bonds. The summed E-state index contributed by atoms with van der Waals surface area (Å²) >= 11 is 0. The van der Waals surface area contributed by atoms with Crippen molar-refractivity contribution in [3.05, 3.63) is 144 Å². The van der Waals surface area contributed by atoms with Crippen LogP contribution in [0.25, 0.3) is 43.8 Å². The Balaban J connectivity index is 1.28. The minimum Gasteiger partial charge on any atom is -0.459 e. The minimum atomic E-state index is -0.0153. The molecular weight excluding hydrogens is 627 g/mol. The molecule has 0 fully saturated rings. The Hall–Kier alpha value is -5.67. The SMILES string of the molecule is [C-]#[N+]c1cc(Oc2ccc3c4ccccc4n(-c4cc(C(C)(C)C)ccn4)c3c2)cc(-n2[c-][n+](-c3cc(C(C)(C)C)cc(C(C)(C)C)c3)cc2)c1. The third-order valence-corrected chi connectivity index (χ3v) is 9.51. The van der Waals surface area contributed by atoms with Gasteiger partial charge in [0.1, 0.15) is 17.3 Å². The fourth-order valence-corrected chi connectivity index (χ4v) is 6.45. The first kappa shape index (κ1) is 33.8. The summed E-state index contributed by atoms with van der Waals surface area (Å²) in [6, 6.07) is 31.2. The molecule has 0 aliphatic carbocycles. The Bertz CT molecular complexity index is 2440. The fourth-order valence-electron chi connectivity index (χ4n) is 6.45. The number of aromatic nitrogens is 4. The molecule has 0 N–H and O–H groups in total. The van der Waals surface area contributed by atoms with E-state index < -0.39 is 0 Å². The number of para-hydroxylation sites is 1. The lowest BCUT2D eigenvalue weighted by Crippen LogP contribution is -2.30. The van der Waals surface area contributed by atoms with Gasteiger partial charge >= 0.3 is 0 Å². The molecule has 256 valence electrons. The van der Waals surface area contributed by atoms with Crippen molar-refractivity contribution in [1.82, 2.24) is 14.1 Å². The highest BCUT2D eigenvalue weighted by molar-refractivity contribution is 6.09. The minimum absolute atomic E-state index is 0.000308. The van der Waals surface area contributed by atoms with E-state index in [-0.39, 0.29) is 16.2 Å². The first-order valence-electron chi connectivity index (χ1n) is 17.5. The summed E-state index contributed by atoms with van der Waals surface area (Å²) in [5.41, 5.74) is 8.16. The molecule has 7 aromatic rings. The number of fused-ring (bicyclic) bond motifs is 3. The van der Waals surface area contributed by atoms with Gasteiger partial charge in [0.15, 0.2) is 5.69 Å². The van der Waals surface area contributed by atoms with Crippen molar-refractivity contribution in [3.8, 4) is 28.7 Å². The summed E-state index contributed by atoms with van der Waals surface area (Å²) in [5, 5.41) is 2.27. The van der Waals surface area contributed by atoms with Crippen molar-refractivity contribution in [1.29, 1.82) is 0 Å². The van der Waals surface area contributed by atoms with Crippen molar-refractivity contribution in [2.45, 2.75) is 78.6 Å². The smallest absolute Gasteiger partial charge is 0.268 e. The Morgan fingerprint density at radius 3 is 2.06 bits per heavy atom. The average Bonchev–Trinajstić information content (AvgIpc) is 3.70. The molecule has 0 bridgehead atoms. The predicted molar refractivity (Wildman–Crippen MR) is 207 cm³/mol. The summed E-state index contributed by atoms with van der Waals surface area (Å²) in [5.74, 6) is 2.11. The van der Waals surface area contributed by atoms with E-state index in [1.165, 1.54) is 16.7 Å². The number of nitrogens with zero attached hydrogens (tertiary/aromatic N) is 5. The molecule has 0 atom stereocenters. The second-order valence-electron chi connectivity index (χ2n) is 16.5. The van der Waals surface area contributed by atoms with Crippen molar-refractivity contribution >= 4 is 27.5 Å². The zero-order valence-electron chi connectivity index (χ0n) is 31.0. The van der Waals surface area contributed by atoms with E-state index in [9.17, 15) is 0 Å². The Morgan fingerprint density at radius 2 is 1.37 bits per heavy atom. The van der Waals surface area contributed by atoms with Gasteiger partial charge in [-0.1, -0.05) is 86.6 Å². The van der Waals surface area contributed by atoms with E-state index in [0.717, 1.165) is 39.0 Å². The molecule has 7 rings (SSSR count). The lowest BCUT2D eigenvalue weighted by molar-refractivity contribution is -0.599. The normalized spacial score (nSPS) is 12.4. The summed E-state index contributed by atoms with van der Waals surface area (Å²) in [7, 11) is 0. The lowest BCUT2D eigenvalue weighted by Gasteiger charge is -2.26. The lowest BCUT2D eigenvalue weighted by atomic mass is 9.80. The van der Waals surface area contributed by atoms with Crippen molar-refractivity contribution in [2.24, 2.45) is 0 Å². The third-order valence-electron chi connectivity index (χ3n) is 9.51. The summed E-state index contributed by atoms with van der Waals surface area (Å²) in [6.45, 7) is 28.0. The van der Waals surface area contributed by atoms with Crippen LogP contribution >= 0.6 is 0 Å². The molecule has 6 nitrogen and oxygen atoms in total. The van der Waals surface area contributed by atoms with Crippen LogP contribution in [-0.4, -0.2) is 14.1 Å². The number of imidazole rings is 1. The van der Waals surface area contributed by atoms with Gasteiger partial charge in [0, 0.05) is 35.4 Å². The number of ether oxygens (including phenoxy) is 1. The molecule has 0 saturated carbocycles. The van der Waals surface area contributed by atoms with Gasteiger partial charge in [-0.3, -0.25) is 13.7 Å². The van der Waals surface area contributed by atoms with Gasteiger partial charge < -0.3 is 4.74 Å². The molecule has 0 saturated heterocycles. The van der Waals surface area contributed by atoms with Crippen molar-refractivity contribution < 1.29 is 9.30 Å². The van der Waals surface area contributed by atoms with E-state index in [0.29, 0.717) is 17.2 Å². The van der Waals surface area contributed by atoms with Gasteiger partial charge in [-0.2, -0.15) is 0 Å². The molecule has 0 aliphatic heterocycles. The number of rotatable bonds is 5. The molecule has 3 heterocycles. The Kier molecular flexibility index (Phi) is 8.14. The topological polar surface area (TPSA) is 40.2 Å². The van der Waals surface area contributed by atoms with Gasteiger partial charge in [-0.15, -0.1) is 0 Å². The number of hydrogen-bond acceptors (Lipinski definition) is 2. The number of pyridine rings is 1. The molecule has 51 heavy (non-hydrogen) atoms. The molecule has 0 radical (unpaired) electrons. The highest BCUT2D eigenvalue weighted by Crippen LogP contribution is 2.37.